The Morgan fingerprint density at radius 2 is 1.95 bits per heavy atom. The molecule has 0 heterocycles. The third-order valence-electron chi connectivity index (χ3n) is 2.85. The monoisotopic (exact) mass is 273 g/mol. The summed E-state index contributed by atoms with van der Waals surface area (Å²) in [4.78, 5) is 24.1. The molecule has 0 saturated carbocycles. The van der Waals surface area contributed by atoms with Crippen molar-refractivity contribution in [1.82, 2.24) is 15.5 Å². The number of likely N-dealkylation sites (N-methyl/N-ethyl adjacent to an activating group) is 2. The first kappa shape index (κ1) is 17.7. The molecular formula is C13H27N3O3. The maximum absolute atomic E-state index is 11.8. The number of carboxylic acid groups (broad SMARTS) is 1. The van der Waals surface area contributed by atoms with Gasteiger partial charge in [-0.2, -0.15) is 0 Å². The molecule has 112 valence electrons. The van der Waals surface area contributed by atoms with Crippen LogP contribution in [0.25, 0.3) is 0 Å². The predicted molar refractivity (Wildman–Crippen MR) is 75.2 cm³/mol. The van der Waals surface area contributed by atoms with Gasteiger partial charge in [-0.1, -0.05) is 13.8 Å². The second-order valence-electron chi connectivity index (χ2n) is 5.30. The zero-order chi connectivity index (χ0) is 14.8. The summed E-state index contributed by atoms with van der Waals surface area (Å²) in [6, 6.07) is -0.158. The third kappa shape index (κ3) is 9.30. The molecule has 0 unspecified atom stereocenters. The zero-order valence-electron chi connectivity index (χ0n) is 12.4. The molecule has 6 heteroatoms. The van der Waals surface area contributed by atoms with E-state index < -0.39 is 5.97 Å². The van der Waals surface area contributed by atoms with Gasteiger partial charge in [0.25, 0.3) is 0 Å². The summed E-state index contributed by atoms with van der Waals surface area (Å²) in [5, 5.41) is 14.6. The van der Waals surface area contributed by atoms with Crippen LogP contribution < -0.4 is 10.6 Å². The Balaban J connectivity index is 4.14. The van der Waals surface area contributed by atoms with Crippen molar-refractivity contribution in [3.05, 3.63) is 0 Å². The molecule has 0 aromatic carbocycles. The van der Waals surface area contributed by atoms with Crippen LogP contribution in [0.1, 0.15) is 26.7 Å². The van der Waals surface area contributed by atoms with Gasteiger partial charge in [-0.05, 0) is 25.3 Å². The highest BCUT2D eigenvalue weighted by atomic mass is 16.4. The van der Waals surface area contributed by atoms with Crippen LogP contribution in [0.3, 0.4) is 0 Å². The molecule has 0 fully saturated rings. The minimum atomic E-state index is -0.816. The molecule has 0 bridgehead atoms. The van der Waals surface area contributed by atoms with E-state index in [-0.39, 0.29) is 18.4 Å². The van der Waals surface area contributed by atoms with Gasteiger partial charge in [-0.15, -0.1) is 0 Å². The number of nitrogens with zero attached hydrogens (tertiary/aromatic N) is 1. The van der Waals surface area contributed by atoms with Crippen molar-refractivity contribution in [2.24, 2.45) is 11.8 Å². The van der Waals surface area contributed by atoms with Gasteiger partial charge >= 0.3 is 12.0 Å². The highest BCUT2D eigenvalue weighted by molar-refractivity contribution is 5.74. The van der Waals surface area contributed by atoms with Crippen molar-refractivity contribution in [3.8, 4) is 0 Å². The van der Waals surface area contributed by atoms with E-state index in [1.54, 1.807) is 11.9 Å². The summed E-state index contributed by atoms with van der Waals surface area (Å²) in [5.74, 6) is -0.411. The van der Waals surface area contributed by atoms with E-state index in [9.17, 15) is 9.59 Å². The minimum absolute atomic E-state index is 0.0147. The number of hydrogen-bond donors (Lipinski definition) is 3. The molecule has 6 nitrogen and oxygen atoms in total. The molecule has 3 N–H and O–H groups in total. The second kappa shape index (κ2) is 9.61. The SMILES string of the molecule is CNCCN(C)C(=O)NC[C@H](CC(=O)O)CC(C)C. The van der Waals surface area contributed by atoms with Gasteiger partial charge in [0.2, 0.25) is 0 Å². The summed E-state index contributed by atoms with van der Waals surface area (Å²) in [6.45, 7) is 5.86. The van der Waals surface area contributed by atoms with Crippen molar-refractivity contribution in [2.75, 3.05) is 33.7 Å². The number of carbonyl (C=O) groups excluding carboxylic acids is 1. The van der Waals surface area contributed by atoms with Crippen LogP contribution in [0.4, 0.5) is 4.79 Å². The van der Waals surface area contributed by atoms with Crippen LogP contribution in [0, 0.1) is 11.8 Å². The van der Waals surface area contributed by atoms with Crippen molar-refractivity contribution in [3.63, 3.8) is 0 Å². The second-order valence-corrected chi connectivity index (χ2v) is 5.30. The standard InChI is InChI=1S/C13H27N3O3/c1-10(2)7-11(8-12(17)18)9-15-13(19)16(4)6-5-14-3/h10-11,14H,5-9H2,1-4H3,(H,15,19)(H,17,18)/t11-/m0/s1. The first-order chi connectivity index (χ1) is 8.86. The molecule has 0 spiro atoms. The van der Waals surface area contributed by atoms with Crippen LogP contribution >= 0.6 is 0 Å². The number of urea groups is 1. The van der Waals surface area contributed by atoms with Gasteiger partial charge in [-0.3, -0.25) is 4.79 Å². The van der Waals surface area contributed by atoms with E-state index in [0.717, 1.165) is 13.0 Å². The molecule has 0 aromatic heterocycles. The molecule has 0 aromatic rings. The fourth-order valence-corrected chi connectivity index (χ4v) is 1.90. The molecule has 19 heavy (non-hydrogen) atoms. The van der Waals surface area contributed by atoms with Crippen molar-refractivity contribution >= 4 is 12.0 Å². The summed E-state index contributed by atoms with van der Waals surface area (Å²) in [6.07, 6.45) is 0.894. The lowest BCUT2D eigenvalue weighted by Gasteiger charge is -2.21. The van der Waals surface area contributed by atoms with E-state index in [1.165, 1.54) is 0 Å². The number of aliphatic carboxylic acids is 1. The first-order valence-corrected chi connectivity index (χ1v) is 6.72. The van der Waals surface area contributed by atoms with Gasteiger partial charge < -0.3 is 20.6 Å². The van der Waals surface area contributed by atoms with Crippen LogP contribution in [-0.4, -0.2) is 55.7 Å². The molecule has 0 radical (unpaired) electrons. The maximum atomic E-state index is 11.8. The summed E-state index contributed by atoms with van der Waals surface area (Å²) >= 11 is 0. The normalized spacial score (nSPS) is 12.3. The van der Waals surface area contributed by atoms with E-state index in [4.69, 9.17) is 5.11 Å². The van der Waals surface area contributed by atoms with Crippen molar-refractivity contribution in [2.45, 2.75) is 26.7 Å². The molecule has 1 atom stereocenters. The van der Waals surface area contributed by atoms with Gasteiger partial charge in [0.1, 0.15) is 0 Å². The lowest BCUT2D eigenvalue weighted by atomic mass is 9.94. The average molecular weight is 273 g/mol. The molecule has 2 amide bonds. The van der Waals surface area contributed by atoms with Crippen LogP contribution in [-0.2, 0) is 4.79 Å². The fraction of sp³-hybridized carbons (Fsp3) is 0.846. The Kier molecular flexibility index (Phi) is 8.95. The van der Waals surface area contributed by atoms with E-state index >= 15 is 0 Å². The smallest absolute Gasteiger partial charge is 0.317 e. The lowest BCUT2D eigenvalue weighted by molar-refractivity contribution is -0.138. The Morgan fingerprint density at radius 1 is 1.32 bits per heavy atom. The van der Waals surface area contributed by atoms with E-state index in [2.05, 4.69) is 24.5 Å². The Hall–Kier alpha value is -1.30. The Morgan fingerprint density at radius 3 is 2.42 bits per heavy atom. The predicted octanol–water partition coefficient (Wildman–Crippen LogP) is 0.984. The van der Waals surface area contributed by atoms with Gasteiger partial charge in [0, 0.05) is 33.1 Å². The largest absolute Gasteiger partial charge is 0.481 e. The van der Waals surface area contributed by atoms with Gasteiger partial charge in [0.15, 0.2) is 0 Å². The lowest BCUT2D eigenvalue weighted by Crippen LogP contribution is -2.42. The van der Waals surface area contributed by atoms with Crippen LogP contribution in [0.5, 0.6) is 0 Å². The van der Waals surface area contributed by atoms with Crippen molar-refractivity contribution < 1.29 is 14.7 Å². The number of rotatable bonds is 9. The van der Waals surface area contributed by atoms with E-state index in [1.807, 2.05) is 7.05 Å². The summed E-state index contributed by atoms with van der Waals surface area (Å²) < 4.78 is 0. The fourth-order valence-electron chi connectivity index (χ4n) is 1.90. The molecule has 0 aliphatic rings. The molecule has 0 aliphatic carbocycles. The Bertz CT molecular complexity index is 282. The van der Waals surface area contributed by atoms with Crippen molar-refractivity contribution in [1.29, 1.82) is 0 Å². The first-order valence-electron chi connectivity index (χ1n) is 6.72. The summed E-state index contributed by atoms with van der Waals surface area (Å²) in [7, 11) is 3.55. The summed E-state index contributed by atoms with van der Waals surface area (Å²) in [5.41, 5.74) is 0. The number of carbonyl (C=O) groups is 2. The molecular weight excluding hydrogens is 246 g/mol. The third-order valence-corrected chi connectivity index (χ3v) is 2.85. The van der Waals surface area contributed by atoms with Gasteiger partial charge in [0.05, 0.1) is 0 Å². The number of hydrogen-bond acceptors (Lipinski definition) is 3. The highest BCUT2D eigenvalue weighted by Crippen LogP contribution is 2.14. The highest BCUT2D eigenvalue weighted by Gasteiger charge is 2.17. The number of carboxylic acids is 1. The minimum Gasteiger partial charge on any atom is -0.481 e. The average Bonchev–Trinajstić information content (AvgIpc) is 2.31. The maximum Gasteiger partial charge on any atom is 0.317 e. The molecule has 0 rings (SSSR count). The number of amides is 2. The quantitative estimate of drug-likeness (QED) is 0.585. The topological polar surface area (TPSA) is 81.7 Å². The zero-order valence-corrected chi connectivity index (χ0v) is 12.4. The molecule has 0 aliphatic heterocycles. The van der Waals surface area contributed by atoms with Crippen LogP contribution in [0.2, 0.25) is 0 Å². The molecule has 0 saturated heterocycles. The van der Waals surface area contributed by atoms with Gasteiger partial charge in [-0.25, -0.2) is 4.79 Å². The van der Waals surface area contributed by atoms with E-state index in [0.29, 0.717) is 19.0 Å². The Labute approximate surface area is 115 Å². The number of nitrogens with one attached hydrogen (secondary N) is 2. The van der Waals surface area contributed by atoms with Crippen LogP contribution in [0.15, 0.2) is 0 Å².